The van der Waals surface area contributed by atoms with E-state index in [1.807, 2.05) is 13.8 Å². The smallest absolute Gasteiger partial charge is 0.253 e. The number of carbonyl (C=O) groups excluding carboxylic acids is 1. The van der Waals surface area contributed by atoms with E-state index in [9.17, 15) is 13.2 Å². The van der Waals surface area contributed by atoms with Crippen LogP contribution in [0.25, 0.3) is 0 Å². The monoisotopic (exact) mass is 369 g/mol. The minimum absolute atomic E-state index is 0.0146. The lowest BCUT2D eigenvalue weighted by atomic mass is 9.93. The predicted octanol–water partition coefficient (Wildman–Crippen LogP) is 1.19. The molecule has 0 saturated heterocycles. The summed E-state index contributed by atoms with van der Waals surface area (Å²) in [6.45, 7) is 4.86. The average Bonchev–Trinajstić information content (AvgIpc) is 3.36. The molecule has 3 N–H and O–H groups in total. The van der Waals surface area contributed by atoms with E-state index in [-0.39, 0.29) is 28.0 Å². The van der Waals surface area contributed by atoms with E-state index in [4.69, 9.17) is 10.5 Å². The Labute approximate surface area is 149 Å². The molecule has 140 valence electrons. The van der Waals surface area contributed by atoms with Crippen LogP contribution >= 0.6 is 0 Å². The van der Waals surface area contributed by atoms with Gasteiger partial charge >= 0.3 is 0 Å². The lowest BCUT2D eigenvalue weighted by molar-refractivity contribution is 0.0740. The van der Waals surface area contributed by atoms with Crippen molar-refractivity contribution in [3.8, 4) is 5.75 Å². The van der Waals surface area contributed by atoms with Gasteiger partial charge in [0.05, 0.1) is 7.11 Å². The van der Waals surface area contributed by atoms with Crippen LogP contribution in [-0.4, -0.2) is 52.5 Å². The Morgan fingerprint density at radius 3 is 2.56 bits per heavy atom. The molecule has 0 radical (unpaired) electrons. The third-order valence-corrected chi connectivity index (χ3v) is 5.71. The van der Waals surface area contributed by atoms with Crippen molar-refractivity contribution in [2.24, 2.45) is 11.1 Å². The van der Waals surface area contributed by atoms with Crippen molar-refractivity contribution in [1.82, 2.24) is 9.62 Å². The van der Waals surface area contributed by atoms with Crippen molar-refractivity contribution in [2.75, 3.05) is 27.2 Å². The molecule has 25 heavy (non-hydrogen) atoms. The number of nitrogens with zero attached hydrogens (tertiary/aromatic N) is 1. The van der Waals surface area contributed by atoms with Crippen LogP contribution < -0.4 is 15.2 Å². The van der Waals surface area contributed by atoms with Crippen LogP contribution in [0.5, 0.6) is 5.75 Å². The highest BCUT2D eigenvalue weighted by molar-refractivity contribution is 7.89. The van der Waals surface area contributed by atoms with Crippen molar-refractivity contribution >= 4 is 15.9 Å². The third kappa shape index (κ3) is 4.93. The van der Waals surface area contributed by atoms with Gasteiger partial charge in [0.15, 0.2) is 0 Å². The standard InChI is InChI=1S/C17H27N3O4S/c1-17(2,10-18)11-20(3)16(21)12-5-8-14(24-4)15(9-12)25(22,23)19-13-6-7-13/h5,8-9,13,19H,6-7,10-11,18H2,1-4H3. The first kappa shape index (κ1) is 19.7. The molecule has 0 atom stereocenters. The Bertz CT molecular complexity index is 742. The summed E-state index contributed by atoms with van der Waals surface area (Å²) in [4.78, 5) is 14.2. The first-order valence-corrected chi connectivity index (χ1v) is 9.74. The number of rotatable bonds is 8. The normalized spacial score (nSPS) is 15.1. The lowest BCUT2D eigenvalue weighted by Crippen LogP contribution is -2.39. The molecule has 0 aliphatic heterocycles. The van der Waals surface area contributed by atoms with Crippen molar-refractivity contribution in [3.63, 3.8) is 0 Å². The van der Waals surface area contributed by atoms with Gasteiger partial charge in [-0.3, -0.25) is 4.79 Å². The minimum Gasteiger partial charge on any atom is -0.495 e. The van der Waals surface area contributed by atoms with E-state index < -0.39 is 10.0 Å². The molecule has 0 heterocycles. The van der Waals surface area contributed by atoms with Gasteiger partial charge in [0, 0.05) is 25.2 Å². The molecule has 0 unspecified atom stereocenters. The topological polar surface area (TPSA) is 102 Å². The molecule has 7 nitrogen and oxygen atoms in total. The summed E-state index contributed by atoms with van der Waals surface area (Å²) in [7, 11) is -0.640. The number of methoxy groups -OCH3 is 1. The van der Waals surface area contributed by atoms with Crippen molar-refractivity contribution in [1.29, 1.82) is 0 Å². The van der Waals surface area contributed by atoms with Gasteiger partial charge in [-0.25, -0.2) is 13.1 Å². The number of hydrogen-bond acceptors (Lipinski definition) is 5. The molecule has 1 aliphatic carbocycles. The molecule has 0 bridgehead atoms. The highest BCUT2D eigenvalue weighted by atomic mass is 32.2. The molecular weight excluding hydrogens is 342 g/mol. The Hall–Kier alpha value is -1.64. The maximum atomic E-state index is 12.7. The highest BCUT2D eigenvalue weighted by Gasteiger charge is 2.31. The van der Waals surface area contributed by atoms with E-state index in [0.717, 1.165) is 12.8 Å². The van der Waals surface area contributed by atoms with Crippen molar-refractivity contribution in [2.45, 2.75) is 37.6 Å². The molecular formula is C17H27N3O4S. The van der Waals surface area contributed by atoms with Gasteiger partial charge in [0.25, 0.3) is 5.91 Å². The molecule has 1 fully saturated rings. The molecule has 1 amide bonds. The number of sulfonamides is 1. The van der Waals surface area contributed by atoms with Gasteiger partial charge < -0.3 is 15.4 Å². The molecule has 0 spiro atoms. The van der Waals surface area contributed by atoms with Crippen LogP contribution in [-0.2, 0) is 10.0 Å². The predicted molar refractivity (Wildman–Crippen MR) is 96.1 cm³/mol. The first-order chi connectivity index (χ1) is 11.6. The molecule has 0 aromatic heterocycles. The molecule has 1 aromatic rings. The second-order valence-electron chi connectivity index (χ2n) is 7.29. The lowest BCUT2D eigenvalue weighted by Gasteiger charge is -2.29. The number of amides is 1. The molecule has 8 heteroatoms. The Kier molecular flexibility index (Phi) is 5.75. The second-order valence-corrected chi connectivity index (χ2v) is 8.97. The van der Waals surface area contributed by atoms with Crippen molar-refractivity contribution < 1.29 is 17.9 Å². The van der Waals surface area contributed by atoms with Crippen LogP contribution in [0.4, 0.5) is 0 Å². The van der Waals surface area contributed by atoms with Gasteiger partial charge in [0.1, 0.15) is 10.6 Å². The van der Waals surface area contributed by atoms with Gasteiger partial charge in [-0.15, -0.1) is 0 Å². The van der Waals surface area contributed by atoms with Gasteiger partial charge in [-0.2, -0.15) is 0 Å². The van der Waals surface area contributed by atoms with Crippen LogP contribution in [0, 0.1) is 5.41 Å². The molecule has 1 saturated carbocycles. The third-order valence-electron chi connectivity index (χ3n) is 4.16. The first-order valence-electron chi connectivity index (χ1n) is 8.25. The summed E-state index contributed by atoms with van der Waals surface area (Å²) in [6.07, 6.45) is 1.66. The van der Waals surface area contributed by atoms with E-state index in [1.165, 1.54) is 19.2 Å². The number of ether oxygens (including phenoxy) is 1. The number of nitrogens with two attached hydrogens (primary N) is 1. The molecule has 1 aliphatic rings. The van der Waals surface area contributed by atoms with E-state index >= 15 is 0 Å². The summed E-state index contributed by atoms with van der Waals surface area (Å²) in [5.74, 6) is -0.0401. The Balaban J connectivity index is 2.30. The maximum absolute atomic E-state index is 12.7. The summed E-state index contributed by atoms with van der Waals surface area (Å²) < 4.78 is 32.9. The van der Waals surface area contributed by atoms with Crippen LogP contribution in [0.1, 0.15) is 37.0 Å². The number of benzene rings is 1. The number of nitrogens with one attached hydrogen (secondary N) is 1. The summed E-state index contributed by atoms with van der Waals surface area (Å²) in [5.41, 5.74) is 5.80. The number of hydrogen-bond donors (Lipinski definition) is 2. The SMILES string of the molecule is COc1ccc(C(=O)N(C)CC(C)(C)CN)cc1S(=O)(=O)NC1CC1. The quantitative estimate of drug-likeness (QED) is 0.717. The van der Waals surface area contributed by atoms with Gasteiger partial charge in [-0.1, -0.05) is 13.8 Å². The van der Waals surface area contributed by atoms with Gasteiger partial charge in [-0.05, 0) is 43.0 Å². The van der Waals surface area contributed by atoms with Gasteiger partial charge in [0.2, 0.25) is 10.0 Å². The Morgan fingerprint density at radius 1 is 1.40 bits per heavy atom. The zero-order valence-corrected chi connectivity index (χ0v) is 16.0. The minimum atomic E-state index is -3.73. The summed E-state index contributed by atoms with van der Waals surface area (Å²) in [5, 5.41) is 0. The average molecular weight is 369 g/mol. The van der Waals surface area contributed by atoms with E-state index in [0.29, 0.717) is 18.7 Å². The highest BCUT2D eigenvalue weighted by Crippen LogP contribution is 2.29. The fraction of sp³-hybridized carbons (Fsp3) is 0.588. The number of carbonyl (C=O) groups is 1. The van der Waals surface area contributed by atoms with E-state index in [1.54, 1.807) is 18.0 Å². The van der Waals surface area contributed by atoms with Crippen molar-refractivity contribution in [3.05, 3.63) is 23.8 Å². The zero-order valence-electron chi connectivity index (χ0n) is 15.2. The second kappa shape index (κ2) is 7.31. The molecule has 2 rings (SSSR count). The fourth-order valence-electron chi connectivity index (χ4n) is 2.50. The van der Waals surface area contributed by atoms with Crippen LogP contribution in [0.15, 0.2) is 23.1 Å². The summed E-state index contributed by atoms with van der Waals surface area (Å²) >= 11 is 0. The Morgan fingerprint density at radius 2 is 2.04 bits per heavy atom. The largest absolute Gasteiger partial charge is 0.495 e. The summed E-state index contributed by atoms with van der Waals surface area (Å²) in [6, 6.07) is 4.43. The van der Waals surface area contributed by atoms with E-state index in [2.05, 4.69) is 4.72 Å². The maximum Gasteiger partial charge on any atom is 0.253 e. The van der Waals surface area contributed by atoms with Crippen LogP contribution in [0.3, 0.4) is 0 Å². The zero-order chi connectivity index (χ0) is 18.8. The molecule has 1 aromatic carbocycles. The van der Waals surface area contributed by atoms with Crippen LogP contribution in [0.2, 0.25) is 0 Å². The fourth-order valence-corrected chi connectivity index (χ4v) is 4.00.